The fourth-order valence-corrected chi connectivity index (χ4v) is 2.13. The van der Waals surface area contributed by atoms with Crippen LogP contribution in [-0.4, -0.2) is 55.7 Å². The molecule has 1 aliphatic heterocycles. The second-order valence-electron chi connectivity index (χ2n) is 4.18. The van der Waals surface area contributed by atoms with E-state index in [0.717, 1.165) is 0 Å². The second kappa shape index (κ2) is 5.45. The monoisotopic (exact) mass is 256 g/mol. The number of alkyl halides is 1. The number of rotatable bonds is 3. The van der Waals surface area contributed by atoms with Crippen LogP contribution in [0.3, 0.4) is 0 Å². The van der Waals surface area contributed by atoms with Gasteiger partial charge in [-0.2, -0.15) is 4.98 Å². The number of nitrogens with zero attached hydrogens (tertiary/aromatic N) is 3. The smallest absolute Gasteiger partial charge is 0.227 e. The van der Waals surface area contributed by atoms with Crippen LogP contribution in [0.1, 0.15) is 0 Å². The number of nitrogens with two attached hydrogens (primary N) is 1. The Morgan fingerprint density at radius 2 is 2.17 bits per heavy atom. The predicted octanol–water partition coefficient (Wildman–Crippen LogP) is 0.247. The van der Waals surface area contributed by atoms with Gasteiger partial charge in [-0.3, -0.25) is 0 Å². The van der Waals surface area contributed by atoms with Crippen molar-refractivity contribution in [3.63, 3.8) is 0 Å². The second-order valence-corrected chi connectivity index (χ2v) is 4.18. The first-order valence-corrected chi connectivity index (χ1v) is 5.69. The summed E-state index contributed by atoms with van der Waals surface area (Å²) in [6.45, 7) is 0.640. The summed E-state index contributed by atoms with van der Waals surface area (Å²) in [7, 11) is 3.02. The maximum atomic E-state index is 14.0. The van der Waals surface area contributed by atoms with E-state index in [1.54, 1.807) is 17.2 Å². The molecular formula is C11H17FN4O2. The highest BCUT2D eigenvalue weighted by Crippen LogP contribution is 2.22. The zero-order valence-corrected chi connectivity index (χ0v) is 10.4. The van der Waals surface area contributed by atoms with E-state index in [4.69, 9.17) is 15.2 Å². The molecule has 3 unspecified atom stereocenters. The molecule has 2 rings (SSSR count). The van der Waals surface area contributed by atoms with E-state index in [-0.39, 0.29) is 12.6 Å². The first-order valence-electron chi connectivity index (χ1n) is 5.69. The van der Waals surface area contributed by atoms with Crippen molar-refractivity contribution >= 4 is 11.8 Å². The molecule has 1 aromatic heterocycles. The molecule has 2 N–H and O–H groups in total. The molecule has 0 radical (unpaired) electrons. The SMILES string of the molecule is COC1CN(c2nccc(N)n2)CC(F)C1OC. The van der Waals surface area contributed by atoms with Gasteiger partial charge in [0.25, 0.3) is 0 Å². The highest BCUT2D eigenvalue weighted by atomic mass is 19.1. The number of hydrogen-bond acceptors (Lipinski definition) is 6. The first kappa shape index (κ1) is 13.0. The number of hydrogen-bond donors (Lipinski definition) is 1. The summed E-state index contributed by atoms with van der Waals surface area (Å²) in [5.74, 6) is 0.771. The number of ether oxygens (including phenoxy) is 2. The Labute approximate surface area is 105 Å². The molecule has 0 spiro atoms. The van der Waals surface area contributed by atoms with Crippen molar-refractivity contribution in [2.45, 2.75) is 18.4 Å². The number of methoxy groups -OCH3 is 2. The summed E-state index contributed by atoms with van der Waals surface area (Å²) in [5, 5.41) is 0. The molecule has 1 saturated heterocycles. The topological polar surface area (TPSA) is 73.5 Å². The molecule has 100 valence electrons. The fraction of sp³-hybridized carbons (Fsp3) is 0.636. The average Bonchev–Trinajstić information content (AvgIpc) is 2.37. The quantitative estimate of drug-likeness (QED) is 0.835. The molecule has 1 aliphatic rings. The molecule has 1 aromatic rings. The number of nitrogen functional groups attached to an aromatic ring is 1. The van der Waals surface area contributed by atoms with Crippen LogP contribution < -0.4 is 10.6 Å². The maximum absolute atomic E-state index is 14.0. The Kier molecular flexibility index (Phi) is 3.93. The normalized spacial score (nSPS) is 28.4. The standard InChI is InChI=1S/C11H17FN4O2/c1-17-8-6-16(5-7(12)10(8)18-2)11-14-4-3-9(13)15-11/h3-4,7-8,10H,5-6H2,1-2H3,(H2,13,14,15). The van der Waals surface area contributed by atoms with E-state index < -0.39 is 12.3 Å². The Balaban J connectivity index is 2.16. The van der Waals surface area contributed by atoms with E-state index in [2.05, 4.69) is 9.97 Å². The third kappa shape index (κ3) is 2.51. The van der Waals surface area contributed by atoms with Crippen LogP contribution in [0.2, 0.25) is 0 Å². The summed E-state index contributed by atoms with van der Waals surface area (Å²) in [5.41, 5.74) is 5.59. The zero-order chi connectivity index (χ0) is 13.1. The van der Waals surface area contributed by atoms with Gasteiger partial charge in [-0.15, -0.1) is 0 Å². The lowest BCUT2D eigenvalue weighted by Gasteiger charge is -2.39. The molecule has 7 heteroatoms. The van der Waals surface area contributed by atoms with Crippen molar-refractivity contribution in [2.24, 2.45) is 0 Å². The van der Waals surface area contributed by atoms with Gasteiger partial charge in [0.05, 0.1) is 6.54 Å². The van der Waals surface area contributed by atoms with Gasteiger partial charge in [-0.1, -0.05) is 0 Å². The van der Waals surface area contributed by atoms with E-state index in [1.807, 2.05) is 0 Å². The summed E-state index contributed by atoms with van der Waals surface area (Å²) in [6.07, 6.45) is -0.524. The van der Waals surface area contributed by atoms with Gasteiger partial charge in [0, 0.05) is 27.0 Å². The lowest BCUT2D eigenvalue weighted by atomic mass is 10.0. The van der Waals surface area contributed by atoms with Gasteiger partial charge >= 0.3 is 0 Å². The zero-order valence-electron chi connectivity index (χ0n) is 10.4. The van der Waals surface area contributed by atoms with Gasteiger partial charge in [-0.05, 0) is 6.07 Å². The molecule has 0 aliphatic carbocycles. The third-order valence-electron chi connectivity index (χ3n) is 3.04. The van der Waals surface area contributed by atoms with Crippen molar-refractivity contribution in [3.8, 4) is 0 Å². The number of piperidine rings is 1. The van der Waals surface area contributed by atoms with Crippen molar-refractivity contribution in [2.75, 3.05) is 37.9 Å². The van der Waals surface area contributed by atoms with Crippen LogP contribution in [0.5, 0.6) is 0 Å². The lowest BCUT2D eigenvalue weighted by Crippen LogP contribution is -2.55. The minimum absolute atomic E-state index is 0.168. The van der Waals surface area contributed by atoms with Crippen molar-refractivity contribution in [3.05, 3.63) is 12.3 Å². The van der Waals surface area contributed by atoms with Crippen LogP contribution in [0.4, 0.5) is 16.2 Å². The molecule has 18 heavy (non-hydrogen) atoms. The first-order chi connectivity index (χ1) is 8.65. The lowest BCUT2D eigenvalue weighted by molar-refractivity contribution is -0.0794. The number of halogens is 1. The predicted molar refractivity (Wildman–Crippen MR) is 65.1 cm³/mol. The molecule has 0 saturated carbocycles. The van der Waals surface area contributed by atoms with Crippen LogP contribution in [0, 0.1) is 0 Å². The van der Waals surface area contributed by atoms with Crippen LogP contribution >= 0.6 is 0 Å². The van der Waals surface area contributed by atoms with Crippen LogP contribution in [0.15, 0.2) is 12.3 Å². The molecule has 3 atom stereocenters. The van der Waals surface area contributed by atoms with Crippen LogP contribution in [0.25, 0.3) is 0 Å². The van der Waals surface area contributed by atoms with Crippen molar-refractivity contribution < 1.29 is 13.9 Å². The van der Waals surface area contributed by atoms with E-state index in [0.29, 0.717) is 18.3 Å². The van der Waals surface area contributed by atoms with Crippen molar-refractivity contribution in [1.29, 1.82) is 0 Å². The minimum atomic E-state index is -1.15. The minimum Gasteiger partial charge on any atom is -0.384 e. The van der Waals surface area contributed by atoms with Gasteiger partial charge in [0.1, 0.15) is 24.2 Å². The van der Waals surface area contributed by atoms with E-state index in [1.165, 1.54) is 14.2 Å². The highest BCUT2D eigenvalue weighted by Gasteiger charge is 2.38. The average molecular weight is 256 g/mol. The van der Waals surface area contributed by atoms with E-state index in [9.17, 15) is 4.39 Å². The molecule has 0 amide bonds. The molecule has 0 bridgehead atoms. The fourth-order valence-electron chi connectivity index (χ4n) is 2.13. The molecular weight excluding hydrogens is 239 g/mol. The summed E-state index contributed by atoms with van der Waals surface area (Å²) in [4.78, 5) is 9.88. The highest BCUT2D eigenvalue weighted by molar-refractivity contribution is 5.38. The molecule has 0 aromatic carbocycles. The van der Waals surface area contributed by atoms with Gasteiger partial charge in [0.15, 0.2) is 0 Å². The van der Waals surface area contributed by atoms with Gasteiger partial charge in [-0.25, -0.2) is 9.37 Å². The Hall–Kier alpha value is -1.47. The van der Waals surface area contributed by atoms with E-state index >= 15 is 0 Å². The molecule has 1 fully saturated rings. The summed E-state index contributed by atoms with van der Waals surface area (Å²) < 4.78 is 24.4. The largest absolute Gasteiger partial charge is 0.384 e. The van der Waals surface area contributed by atoms with Gasteiger partial charge in [0.2, 0.25) is 5.95 Å². The number of aromatic nitrogens is 2. The molecule has 2 heterocycles. The Bertz CT molecular complexity index is 406. The van der Waals surface area contributed by atoms with Crippen molar-refractivity contribution in [1.82, 2.24) is 9.97 Å². The van der Waals surface area contributed by atoms with Gasteiger partial charge < -0.3 is 20.1 Å². The van der Waals surface area contributed by atoms with Crippen LogP contribution in [-0.2, 0) is 9.47 Å². The summed E-state index contributed by atoms with van der Waals surface area (Å²) in [6, 6.07) is 1.59. The Morgan fingerprint density at radius 3 is 2.78 bits per heavy atom. The third-order valence-corrected chi connectivity index (χ3v) is 3.04. The molecule has 6 nitrogen and oxygen atoms in total. The summed E-state index contributed by atoms with van der Waals surface area (Å²) >= 11 is 0. The maximum Gasteiger partial charge on any atom is 0.227 e. The Morgan fingerprint density at radius 1 is 1.39 bits per heavy atom. The number of anilines is 2.